The number of hydrogen-bond donors (Lipinski definition) is 1. The van der Waals surface area contributed by atoms with Gasteiger partial charge < -0.3 is 9.88 Å². The van der Waals surface area contributed by atoms with E-state index in [-0.39, 0.29) is 11.9 Å². The molecule has 21 heavy (non-hydrogen) atoms. The van der Waals surface area contributed by atoms with Crippen LogP contribution in [-0.2, 0) is 11.3 Å². The molecule has 0 fully saturated rings. The van der Waals surface area contributed by atoms with E-state index in [0.29, 0.717) is 6.54 Å². The second-order valence-corrected chi connectivity index (χ2v) is 5.37. The lowest BCUT2D eigenvalue weighted by atomic mass is 10.0. The molecule has 0 aliphatic carbocycles. The third-order valence-corrected chi connectivity index (χ3v) is 3.35. The molecule has 2 rings (SSSR count). The zero-order chi connectivity index (χ0) is 15.2. The average Bonchev–Trinajstić information content (AvgIpc) is 2.91. The molecule has 0 radical (unpaired) electrons. The summed E-state index contributed by atoms with van der Waals surface area (Å²) in [6.45, 7) is 3.35. The maximum atomic E-state index is 12.4. The molecule has 5 heteroatoms. The van der Waals surface area contributed by atoms with Crippen molar-refractivity contribution < 1.29 is 4.79 Å². The Morgan fingerprint density at radius 2 is 2.24 bits per heavy atom. The summed E-state index contributed by atoms with van der Waals surface area (Å²) in [4.78, 5) is 18.4. The van der Waals surface area contributed by atoms with Gasteiger partial charge in [0.25, 0.3) is 0 Å². The first-order valence-electron chi connectivity index (χ1n) is 7.04. The van der Waals surface area contributed by atoms with Gasteiger partial charge in [-0.3, -0.25) is 9.69 Å². The number of carbonyl (C=O) groups excluding carboxylic acids is 1. The van der Waals surface area contributed by atoms with Gasteiger partial charge in [0.1, 0.15) is 6.04 Å². The highest BCUT2D eigenvalue weighted by atomic mass is 16.2. The van der Waals surface area contributed by atoms with Crippen molar-refractivity contribution in [1.82, 2.24) is 19.8 Å². The first-order valence-corrected chi connectivity index (χ1v) is 7.04. The first-order chi connectivity index (χ1) is 10.1. The number of hydrogen-bond acceptors (Lipinski definition) is 3. The molecule has 0 spiro atoms. The minimum atomic E-state index is -0.271. The summed E-state index contributed by atoms with van der Waals surface area (Å²) in [5, 5.41) is 2.99. The number of likely N-dealkylation sites (N-methyl/N-ethyl adjacent to an activating group) is 1. The lowest BCUT2D eigenvalue weighted by Gasteiger charge is -2.24. The molecule has 1 aromatic carbocycles. The van der Waals surface area contributed by atoms with Gasteiger partial charge in [0.2, 0.25) is 5.91 Å². The number of nitrogens with one attached hydrogen (secondary N) is 1. The van der Waals surface area contributed by atoms with E-state index < -0.39 is 0 Å². The number of rotatable bonds is 6. The largest absolute Gasteiger partial charge is 0.353 e. The van der Waals surface area contributed by atoms with Crippen LogP contribution in [0.2, 0.25) is 0 Å². The van der Waals surface area contributed by atoms with Crippen molar-refractivity contribution in [3.05, 3.63) is 54.1 Å². The van der Waals surface area contributed by atoms with Crippen LogP contribution in [-0.4, -0.2) is 41.0 Å². The van der Waals surface area contributed by atoms with E-state index in [4.69, 9.17) is 0 Å². The van der Waals surface area contributed by atoms with Gasteiger partial charge >= 0.3 is 0 Å². The molecule has 0 aliphatic rings. The van der Waals surface area contributed by atoms with Gasteiger partial charge in [-0.15, -0.1) is 0 Å². The van der Waals surface area contributed by atoms with Gasteiger partial charge in [-0.1, -0.05) is 29.8 Å². The third kappa shape index (κ3) is 4.16. The molecule has 0 aliphatic heterocycles. The minimum absolute atomic E-state index is 0.0192. The van der Waals surface area contributed by atoms with Gasteiger partial charge in [0.05, 0.1) is 6.33 Å². The quantitative estimate of drug-likeness (QED) is 0.878. The molecule has 0 saturated carbocycles. The van der Waals surface area contributed by atoms with Crippen LogP contribution in [0.25, 0.3) is 0 Å². The monoisotopic (exact) mass is 286 g/mol. The zero-order valence-corrected chi connectivity index (χ0v) is 12.8. The molecule has 1 heterocycles. The summed E-state index contributed by atoms with van der Waals surface area (Å²) in [5.74, 6) is 0.0192. The van der Waals surface area contributed by atoms with Crippen molar-refractivity contribution in [2.24, 2.45) is 0 Å². The average molecular weight is 286 g/mol. The van der Waals surface area contributed by atoms with E-state index in [9.17, 15) is 4.79 Å². The first kappa shape index (κ1) is 15.3. The fourth-order valence-corrected chi connectivity index (χ4v) is 2.35. The predicted molar refractivity (Wildman–Crippen MR) is 82.8 cm³/mol. The summed E-state index contributed by atoms with van der Waals surface area (Å²) in [5.41, 5.74) is 2.17. The Morgan fingerprint density at radius 1 is 1.43 bits per heavy atom. The molecule has 1 N–H and O–H groups in total. The molecule has 1 atom stereocenters. The van der Waals surface area contributed by atoms with Crippen LogP contribution >= 0.6 is 0 Å². The number of imidazole rings is 1. The summed E-state index contributed by atoms with van der Waals surface area (Å²) < 4.78 is 1.94. The number of aryl methyl sites for hydroxylation is 1. The van der Waals surface area contributed by atoms with Crippen LogP contribution in [0.15, 0.2) is 43.0 Å². The molecular formula is C16H22N4O. The Kier molecular flexibility index (Phi) is 5.11. The van der Waals surface area contributed by atoms with E-state index in [1.165, 1.54) is 0 Å². The third-order valence-electron chi connectivity index (χ3n) is 3.35. The Bertz CT molecular complexity index is 578. The lowest BCUT2D eigenvalue weighted by Crippen LogP contribution is -2.38. The van der Waals surface area contributed by atoms with E-state index >= 15 is 0 Å². The van der Waals surface area contributed by atoms with E-state index in [1.807, 2.05) is 54.9 Å². The van der Waals surface area contributed by atoms with E-state index in [1.54, 1.807) is 12.5 Å². The van der Waals surface area contributed by atoms with Crippen LogP contribution in [0.3, 0.4) is 0 Å². The van der Waals surface area contributed by atoms with Gasteiger partial charge in [0, 0.05) is 25.5 Å². The molecule has 0 bridgehead atoms. The van der Waals surface area contributed by atoms with Gasteiger partial charge in [0.15, 0.2) is 0 Å². The Balaban J connectivity index is 1.99. The molecule has 0 saturated heterocycles. The van der Waals surface area contributed by atoms with E-state index in [2.05, 4.69) is 16.4 Å². The van der Waals surface area contributed by atoms with Gasteiger partial charge in [-0.2, -0.15) is 0 Å². The Morgan fingerprint density at radius 3 is 2.86 bits per heavy atom. The number of carbonyl (C=O) groups is 1. The van der Waals surface area contributed by atoms with Crippen molar-refractivity contribution in [2.75, 3.05) is 20.6 Å². The highest BCUT2D eigenvalue weighted by Gasteiger charge is 2.22. The molecule has 1 amide bonds. The van der Waals surface area contributed by atoms with Crippen LogP contribution in [0.4, 0.5) is 0 Å². The summed E-state index contributed by atoms with van der Waals surface area (Å²) in [6, 6.07) is 7.80. The van der Waals surface area contributed by atoms with Crippen LogP contribution in [0, 0.1) is 6.92 Å². The maximum absolute atomic E-state index is 12.4. The standard InChI is InChI=1S/C16H22N4O/c1-13-5-4-6-14(11-13)15(19(2)3)16(21)18-8-10-20-9-7-17-12-20/h4-7,9,11-12,15H,8,10H2,1-3H3,(H,18,21). The lowest BCUT2D eigenvalue weighted by molar-refractivity contribution is -0.125. The Labute approximate surface area is 125 Å². The van der Waals surface area contributed by atoms with Crippen molar-refractivity contribution in [1.29, 1.82) is 0 Å². The fraction of sp³-hybridized carbons (Fsp3) is 0.375. The number of amides is 1. The second kappa shape index (κ2) is 7.04. The minimum Gasteiger partial charge on any atom is -0.353 e. The van der Waals surface area contributed by atoms with Crippen molar-refractivity contribution in [3.63, 3.8) is 0 Å². The highest BCUT2D eigenvalue weighted by molar-refractivity contribution is 5.83. The molecule has 1 aromatic heterocycles. The smallest absolute Gasteiger partial charge is 0.242 e. The van der Waals surface area contributed by atoms with E-state index in [0.717, 1.165) is 17.7 Å². The molecule has 2 aromatic rings. The molecule has 112 valence electrons. The van der Waals surface area contributed by atoms with Gasteiger partial charge in [-0.25, -0.2) is 4.98 Å². The van der Waals surface area contributed by atoms with Crippen LogP contribution in [0.1, 0.15) is 17.2 Å². The molecule has 5 nitrogen and oxygen atoms in total. The van der Waals surface area contributed by atoms with Crippen LogP contribution in [0.5, 0.6) is 0 Å². The number of aromatic nitrogens is 2. The van der Waals surface area contributed by atoms with Crippen molar-refractivity contribution in [3.8, 4) is 0 Å². The molecule has 1 unspecified atom stereocenters. The molecular weight excluding hydrogens is 264 g/mol. The number of nitrogens with zero attached hydrogens (tertiary/aromatic N) is 3. The predicted octanol–water partition coefficient (Wildman–Crippen LogP) is 1.61. The van der Waals surface area contributed by atoms with Crippen LogP contribution < -0.4 is 5.32 Å². The summed E-state index contributed by atoms with van der Waals surface area (Å²) >= 11 is 0. The fourth-order valence-electron chi connectivity index (χ4n) is 2.35. The maximum Gasteiger partial charge on any atom is 0.242 e. The summed E-state index contributed by atoms with van der Waals surface area (Å²) in [6.07, 6.45) is 5.36. The highest BCUT2D eigenvalue weighted by Crippen LogP contribution is 2.19. The van der Waals surface area contributed by atoms with Crippen molar-refractivity contribution >= 4 is 5.91 Å². The zero-order valence-electron chi connectivity index (χ0n) is 12.8. The van der Waals surface area contributed by atoms with Gasteiger partial charge in [-0.05, 0) is 26.6 Å². The van der Waals surface area contributed by atoms with Crippen molar-refractivity contribution in [2.45, 2.75) is 19.5 Å². The topological polar surface area (TPSA) is 50.2 Å². The summed E-state index contributed by atoms with van der Waals surface area (Å²) in [7, 11) is 3.84. The number of benzene rings is 1. The second-order valence-electron chi connectivity index (χ2n) is 5.37. The Hall–Kier alpha value is -2.14. The SMILES string of the molecule is Cc1cccc(C(C(=O)NCCn2ccnc2)N(C)C)c1. The normalized spacial score (nSPS) is 12.4.